The number of benzene rings is 1. The van der Waals surface area contributed by atoms with Gasteiger partial charge in [-0.15, -0.1) is 0 Å². The van der Waals surface area contributed by atoms with Gasteiger partial charge in [0.1, 0.15) is 0 Å². The summed E-state index contributed by atoms with van der Waals surface area (Å²) in [6, 6.07) is 4.82. The Morgan fingerprint density at radius 2 is 2.19 bits per heavy atom. The molecule has 88 valence electrons. The van der Waals surface area contributed by atoms with Crippen LogP contribution in [0.5, 0.6) is 0 Å². The molecule has 1 aromatic carbocycles. The molecule has 1 rings (SSSR count). The Hall–Kier alpha value is -1.59. The Labute approximate surface area is 93.4 Å². The van der Waals surface area contributed by atoms with E-state index >= 15 is 0 Å². The molecule has 0 fully saturated rings. The number of aliphatic hydroxyl groups excluding tert-OH is 2. The fourth-order valence-corrected chi connectivity index (χ4v) is 1.31. The maximum atomic E-state index is 10.8. The van der Waals surface area contributed by atoms with Gasteiger partial charge in [-0.3, -0.25) is 0 Å². The second kappa shape index (κ2) is 5.48. The smallest absolute Gasteiger partial charge is 0.335 e. The van der Waals surface area contributed by atoms with E-state index in [1.807, 2.05) is 0 Å². The van der Waals surface area contributed by atoms with Crippen molar-refractivity contribution < 1.29 is 20.1 Å². The average Bonchev–Trinajstić information content (AvgIpc) is 2.25. The lowest BCUT2D eigenvalue weighted by molar-refractivity contribution is 0.0696. The second-order valence-electron chi connectivity index (χ2n) is 3.55. The molecule has 0 aliphatic carbocycles. The summed E-state index contributed by atoms with van der Waals surface area (Å²) in [5.41, 5.74) is 1.62. The molecule has 0 aromatic heterocycles. The predicted octanol–water partition coefficient (Wildman–Crippen LogP) is 0.458. The summed E-state index contributed by atoms with van der Waals surface area (Å²) < 4.78 is 0. The zero-order chi connectivity index (χ0) is 12.1. The van der Waals surface area contributed by atoms with Crippen molar-refractivity contribution in [2.24, 2.45) is 0 Å². The first-order valence-corrected chi connectivity index (χ1v) is 4.91. The Morgan fingerprint density at radius 1 is 1.50 bits per heavy atom. The van der Waals surface area contributed by atoms with Crippen molar-refractivity contribution in [2.45, 2.75) is 13.0 Å². The van der Waals surface area contributed by atoms with Crippen molar-refractivity contribution in [1.82, 2.24) is 0 Å². The minimum absolute atomic E-state index is 0.225. The van der Waals surface area contributed by atoms with E-state index in [0.717, 1.165) is 5.69 Å². The Morgan fingerprint density at radius 3 is 2.69 bits per heavy atom. The van der Waals surface area contributed by atoms with Crippen LogP contribution in [0.3, 0.4) is 0 Å². The lowest BCUT2D eigenvalue weighted by atomic mass is 10.1. The molecule has 0 saturated carbocycles. The Bertz CT molecular complexity index is 378. The molecule has 16 heavy (non-hydrogen) atoms. The number of aryl methyl sites for hydroxylation is 1. The second-order valence-corrected chi connectivity index (χ2v) is 3.55. The monoisotopic (exact) mass is 225 g/mol. The van der Waals surface area contributed by atoms with Gasteiger partial charge in [0.05, 0.1) is 18.3 Å². The molecule has 5 nitrogen and oxygen atoms in total. The van der Waals surface area contributed by atoms with Gasteiger partial charge in [-0.2, -0.15) is 0 Å². The first-order chi connectivity index (χ1) is 7.54. The van der Waals surface area contributed by atoms with Crippen molar-refractivity contribution in [2.75, 3.05) is 18.5 Å². The summed E-state index contributed by atoms with van der Waals surface area (Å²) in [7, 11) is 0. The lowest BCUT2D eigenvalue weighted by Crippen LogP contribution is -2.23. The molecule has 0 saturated heterocycles. The summed E-state index contributed by atoms with van der Waals surface area (Å²) in [6.07, 6.45) is -0.820. The van der Waals surface area contributed by atoms with Crippen molar-refractivity contribution in [3.63, 3.8) is 0 Å². The first-order valence-electron chi connectivity index (χ1n) is 4.91. The SMILES string of the molecule is Cc1cc(NCC(O)CO)ccc1C(=O)O. The van der Waals surface area contributed by atoms with Gasteiger partial charge in [-0.25, -0.2) is 4.79 Å². The highest BCUT2D eigenvalue weighted by molar-refractivity contribution is 5.89. The highest BCUT2D eigenvalue weighted by Crippen LogP contribution is 2.15. The lowest BCUT2D eigenvalue weighted by Gasteiger charge is -2.11. The molecule has 0 heterocycles. The fraction of sp³-hybridized carbons (Fsp3) is 0.364. The molecule has 0 amide bonds. The van der Waals surface area contributed by atoms with Gasteiger partial charge in [0.25, 0.3) is 0 Å². The molecule has 1 aromatic rings. The van der Waals surface area contributed by atoms with Gasteiger partial charge in [0.2, 0.25) is 0 Å². The maximum absolute atomic E-state index is 10.8. The summed E-state index contributed by atoms with van der Waals surface area (Å²) in [5, 5.41) is 29.5. The Balaban J connectivity index is 2.70. The van der Waals surface area contributed by atoms with E-state index < -0.39 is 12.1 Å². The summed E-state index contributed by atoms with van der Waals surface area (Å²) >= 11 is 0. The maximum Gasteiger partial charge on any atom is 0.335 e. The normalized spacial score (nSPS) is 12.2. The summed E-state index contributed by atoms with van der Waals surface area (Å²) in [5.74, 6) is -0.959. The van der Waals surface area contributed by atoms with E-state index in [2.05, 4.69) is 5.32 Å². The molecule has 5 heteroatoms. The van der Waals surface area contributed by atoms with Crippen LogP contribution in [0.4, 0.5) is 5.69 Å². The van der Waals surface area contributed by atoms with Gasteiger partial charge < -0.3 is 20.6 Å². The highest BCUT2D eigenvalue weighted by Gasteiger charge is 2.07. The zero-order valence-corrected chi connectivity index (χ0v) is 8.97. The number of hydrogen-bond acceptors (Lipinski definition) is 4. The molecule has 0 spiro atoms. The third-order valence-electron chi connectivity index (χ3n) is 2.21. The van der Waals surface area contributed by atoms with Gasteiger partial charge in [0, 0.05) is 12.2 Å². The minimum Gasteiger partial charge on any atom is -0.478 e. The standard InChI is InChI=1S/C11H15NO4/c1-7-4-8(12-5-9(14)6-13)2-3-10(7)11(15)16/h2-4,9,12-14H,5-6H2,1H3,(H,15,16). The molecule has 0 bridgehead atoms. The number of aromatic carboxylic acids is 1. The third kappa shape index (κ3) is 3.22. The van der Waals surface area contributed by atoms with E-state index in [-0.39, 0.29) is 18.7 Å². The van der Waals surface area contributed by atoms with Crippen LogP contribution >= 0.6 is 0 Å². The van der Waals surface area contributed by atoms with Gasteiger partial charge >= 0.3 is 5.97 Å². The molecular weight excluding hydrogens is 210 g/mol. The van der Waals surface area contributed by atoms with Gasteiger partial charge in [0.15, 0.2) is 0 Å². The quantitative estimate of drug-likeness (QED) is 0.584. The van der Waals surface area contributed by atoms with E-state index in [1.54, 1.807) is 19.1 Å². The molecule has 1 unspecified atom stereocenters. The van der Waals surface area contributed by atoms with Crippen LogP contribution in [0.25, 0.3) is 0 Å². The topological polar surface area (TPSA) is 89.8 Å². The zero-order valence-electron chi connectivity index (χ0n) is 8.97. The first kappa shape index (κ1) is 12.5. The number of carboxylic acid groups (broad SMARTS) is 1. The number of rotatable bonds is 5. The number of carboxylic acids is 1. The average molecular weight is 225 g/mol. The van der Waals surface area contributed by atoms with Crippen LogP contribution in [0, 0.1) is 6.92 Å². The number of nitrogens with one attached hydrogen (secondary N) is 1. The fourth-order valence-electron chi connectivity index (χ4n) is 1.31. The van der Waals surface area contributed by atoms with Crippen molar-refractivity contribution in [1.29, 1.82) is 0 Å². The molecule has 0 aliphatic heterocycles. The van der Waals surface area contributed by atoms with Crippen LogP contribution in [0.1, 0.15) is 15.9 Å². The number of carbonyl (C=O) groups is 1. The largest absolute Gasteiger partial charge is 0.478 e. The Kier molecular flexibility index (Phi) is 4.28. The molecular formula is C11H15NO4. The van der Waals surface area contributed by atoms with E-state index in [9.17, 15) is 4.79 Å². The third-order valence-corrected chi connectivity index (χ3v) is 2.21. The molecule has 4 N–H and O–H groups in total. The summed E-state index contributed by atoms with van der Waals surface area (Å²) in [4.78, 5) is 10.8. The molecule has 0 radical (unpaired) electrons. The van der Waals surface area contributed by atoms with Gasteiger partial charge in [-0.1, -0.05) is 0 Å². The van der Waals surface area contributed by atoms with E-state index in [4.69, 9.17) is 15.3 Å². The minimum atomic E-state index is -0.959. The van der Waals surface area contributed by atoms with Crippen LogP contribution in [0.15, 0.2) is 18.2 Å². The van der Waals surface area contributed by atoms with Crippen LogP contribution in [-0.2, 0) is 0 Å². The predicted molar refractivity (Wildman–Crippen MR) is 59.7 cm³/mol. The van der Waals surface area contributed by atoms with Crippen molar-refractivity contribution in [3.05, 3.63) is 29.3 Å². The van der Waals surface area contributed by atoms with Crippen LogP contribution < -0.4 is 5.32 Å². The number of anilines is 1. The highest BCUT2D eigenvalue weighted by atomic mass is 16.4. The van der Waals surface area contributed by atoms with Crippen LogP contribution in [-0.4, -0.2) is 40.5 Å². The summed E-state index contributed by atoms with van der Waals surface area (Å²) in [6.45, 7) is 1.62. The van der Waals surface area contributed by atoms with Crippen molar-refractivity contribution in [3.8, 4) is 0 Å². The van der Waals surface area contributed by atoms with Crippen molar-refractivity contribution >= 4 is 11.7 Å². The van der Waals surface area contributed by atoms with Crippen LogP contribution in [0.2, 0.25) is 0 Å². The molecule has 0 aliphatic rings. The van der Waals surface area contributed by atoms with E-state index in [1.165, 1.54) is 6.07 Å². The molecule has 1 atom stereocenters. The van der Waals surface area contributed by atoms with E-state index in [0.29, 0.717) is 5.56 Å². The van der Waals surface area contributed by atoms with Gasteiger partial charge in [-0.05, 0) is 30.7 Å². The number of aliphatic hydroxyl groups is 2. The number of hydrogen-bond donors (Lipinski definition) is 4.